The number of benzene rings is 1. The van der Waals surface area contributed by atoms with Gasteiger partial charge in [-0.3, -0.25) is 4.99 Å². The topological polar surface area (TPSA) is 48.2 Å². The summed E-state index contributed by atoms with van der Waals surface area (Å²) in [6.07, 6.45) is -3.61. The number of nitriles is 1. The molecule has 0 aliphatic carbocycles. The number of aliphatic imine (C=N–C) groups is 1. The number of nitrogens with zero attached hydrogens (tertiary/aromatic N) is 2. The van der Waals surface area contributed by atoms with Crippen molar-refractivity contribution < 1.29 is 13.2 Å². The van der Waals surface area contributed by atoms with E-state index in [2.05, 4.69) is 17.2 Å². The lowest BCUT2D eigenvalue weighted by molar-refractivity contribution is -0.137. The normalized spacial score (nSPS) is 22.4. The molecular formula is C14H14F3N3S. The van der Waals surface area contributed by atoms with Crippen LogP contribution in [0.3, 0.4) is 0 Å². The molecule has 2 unspecified atom stereocenters. The summed E-state index contributed by atoms with van der Waals surface area (Å²) in [7, 11) is 0. The molecule has 0 spiro atoms. The first-order valence-electron chi connectivity index (χ1n) is 6.42. The number of hydrogen-bond donors (Lipinski definition) is 1. The van der Waals surface area contributed by atoms with Crippen molar-refractivity contribution in [2.24, 2.45) is 4.99 Å². The van der Waals surface area contributed by atoms with Crippen molar-refractivity contribution in [1.82, 2.24) is 0 Å². The average molecular weight is 313 g/mol. The van der Waals surface area contributed by atoms with Crippen LogP contribution < -0.4 is 5.32 Å². The number of hydrogen-bond acceptors (Lipinski definition) is 4. The van der Waals surface area contributed by atoms with Crippen LogP contribution in [0, 0.1) is 11.3 Å². The number of rotatable bonds is 1. The van der Waals surface area contributed by atoms with Crippen LogP contribution in [-0.2, 0) is 6.18 Å². The van der Waals surface area contributed by atoms with Crippen molar-refractivity contribution in [2.45, 2.75) is 37.7 Å². The summed E-state index contributed by atoms with van der Waals surface area (Å²) in [6.45, 7) is 4.02. The molecule has 0 bridgehead atoms. The molecule has 0 aromatic heterocycles. The van der Waals surface area contributed by atoms with Crippen molar-refractivity contribution in [1.29, 1.82) is 5.26 Å². The van der Waals surface area contributed by atoms with Crippen LogP contribution in [0.1, 0.15) is 31.4 Å². The Bertz CT molecular complexity index is 604. The molecule has 1 aliphatic rings. The Labute approximate surface area is 125 Å². The molecule has 0 amide bonds. The molecule has 0 saturated heterocycles. The lowest BCUT2D eigenvalue weighted by Crippen LogP contribution is -2.23. The Morgan fingerprint density at radius 2 is 2.10 bits per heavy atom. The van der Waals surface area contributed by atoms with Crippen molar-refractivity contribution in [3.05, 3.63) is 29.3 Å². The van der Waals surface area contributed by atoms with Crippen LogP contribution in [0.15, 0.2) is 23.2 Å². The third kappa shape index (κ3) is 3.91. The highest BCUT2D eigenvalue weighted by Gasteiger charge is 2.34. The molecular weight excluding hydrogens is 299 g/mol. The second-order valence-corrected chi connectivity index (χ2v) is 6.37. The molecule has 21 heavy (non-hydrogen) atoms. The van der Waals surface area contributed by atoms with Crippen LogP contribution >= 0.6 is 11.8 Å². The van der Waals surface area contributed by atoms with Gasteiger partial charge in [-0.15, -0.1) is 0 Å². The lowest BCUT2D eigenvalue weighted by atomic mass is 10.1. The number of thioether (sulfide) groups is 1. The minimum absolute atomic E-state index is 0.143. The number of alkyl halides is 3. The molecule has 1 aromatic rings. The maximum atomic E-state index is 12.9. The standard InChI is InChI=1S/C14H14F3N3S/c1-8-5-9(2)21-13(19-8)20-11-4-3-10(7-18)12(6-11)14(15,16)17/h3-4,6,8-9H,5H2,1-2H3,(H,19,20). The summed E-state index contributed by atoms with van der Waals surface area (Å²) in [5, 5.41) is 12.6. The first-order chi connectivity index (χ1) is 9.79. The number of halogens is 3. The minimum Gasteiger partial charge on any atom is -0.335 e. The zero-order valence-corrected chi connectivity index (χ0v) is 12.3. The van der Waals surface area contributed by atoms with Crippen LogP contribution in [0.2, 0.25) is 0 Å². The molecule has 112 valence electrons. The second kappa shape index (κ2) is 5.98. The third-order valence-corrected chi connectivity index (χ3v) is 4.05. The Balaban J connectivity index is 2.28. The average Bonchev–Trinajstić information content (AvgIpc) is 2.36. The van der Waals surface area contributed by atoms with E-state index in [0.29, 0.717) is 10.4 Å². The Morgan fingerprint density at radius 3 is 2.67 bits per heavy atom. The summed E-state index contributed by atoms with van der Waals surface area (Å²) in [5.74, 6) is 0. The summed E-state index contributed by atoms with van der Waals surface area (Å²) >= 11 is 1.50. The van der Waals surface area contributed by atoms with E-state index in [-0.39, 0.29) is 17.3 Å². The van der Waals surface area contributed by atoms with E-state index in [4.69, 9.17) is 5.26 Å². The van der Waals surface area contributed by atoms with Crippen molar-refractivity contribution in [3.63, 3.8) is 0 Å². The summed E-state index contributed by atoms with van der Waals surface area (Å²) in [4.78, 5) is 4.38. The Kier molecular flexibility index (Phi) is 4.47. The van der Waals surface area contributed by atoms with E-state index in [1.165, 1.54) is 23.9 Å². The Morgan fingerprint density at radius 1 is 1.38 bits per heavy atom. The van der Waals surface area contributed by atoms with Crippen molar-refractivity contribution in [3.8, 4) is 6.07 Å². The predicted octanol–water partition coefficient (Wildman–Crippen LogP) is 4.26. The van der Waals surface area contributed by atoms with Crippen molar-refractivity contribution in [2.75, 3.05) is 5.32 Å². The maximum absolute atomic E-state index is 12.9. The molecule has 0 fully saturated rings. The van der Waals surface area contributed by atoms with Crippen LogP contribution in [0.5, 0.6) is 0 Å². The van der Waals surface area contributed by atoms with Crippen LogP contribution in [0.4, 0.5) is 18.9 Å². The monoisotopic (exact) mass is 313 g/mol. The number of anilines is 1. The molecule has 1 aromatic carbocycles. The van der Waals surface area contributed by atoms with Gasteiger partial charge in [0.15, 0.2) is 5.17 Å². The first-order valence-corrected chi connectivity index (χ1v) is 7.30. The second-order valence-electron chi connectivity index (χ2n) is 4.94. The number of nitrogens with one attached hydrogen (secondary N) is 1. The largest absolute Gasteiger partial charge is 0.417 e. The molecule has 2 rings (SSSR count). The van der Waals surface area contributed by atoms with Gasteiger partial charge in [0.25, 0.3) is 0 Å². The lowest BCUT2D eigenvalue weighted by Gasteiger charge is -2.23. The fourth-order valence-corrected chi connectivity index (χ4v) is 3.32. The van der Waals surface area contributed by atoms with Gasteiger partial charge >= 0.3 is 6.18 Å². The minimum atomic E-state index is -4.55. The van der Waals surface area contributed by atoms with E-state index < -0.39 is 11.7 Å². The smallest absolute Gasteiger partial charge is 0.335 e. The van der Waals surface area contributed by atoms with Gasteiger partial charge in [0.05, 0.1) is 23.2 Å². The van der Waals surface area contributed by atoms with E-state index in [0.717, 1.165) is 12.5 Å². The molecule has 0 saturated carbocycles. The van der Waals surface area contributed by atoms with Crippen molar-refractivity contribution >= 4 is 22.6 Å². The Hall–Kier alpha value is -1.68. The zero-order valence-electron chi connectivity index (χ0n) is 11.5. The molecule has 0 radical (unpaired) electrons. The fourth-order valence-electron chi connectivity index (χ4n) is 2.14. The quantitative estimate of drug-likeness (QED) is 0.843. The van der Waals surface area contributed by atoms with Gasteiger partial charge in [-0.2, -0.15) is 18.4 Å². The summed E-state index contributed by atoms with van der Waals surface area (Å²) < 4.78 is 38.7. The molecule has 3 nitrogen and oxygen atoms in total. The molecule has 1 N–H and O–H groups in total. The third-order valence-electron chi connectivity index (χ3n) is 3.02. The van der Waals surface area contributed by atoms with E-state index in [1.807, 2.05) is 6.92 Å². The van der Waals surface area contributed by atoms with E-state index in [9.17, 15) is 13.2 Å². The fraction of sp³-hybridized carbons (Fsp3) is 0.429. The SMILES string of the molecule is CC1CC(C)SC(Nc2ccc(C#N)c(C(F)(F)F)c2)=N1. The van der Waals surface area contributed by atoms with E-state index in [1.54, 1.807) is 6.07 Å². The molecule has 1 aliphatic heterocycles. The highest BCUT2D eigenvalue weighted by atomic mass is 32.2. The zero-order chi connectivity index (χ0) is 15.6. The van der Waals surface area contributed by atoms with Gasteiger partial charge in [-0.1, -0.05) is 18.7 Å². The number of amidine groups is 1. The summed E-state index contributed by atoms with van der Waals surface area (Å²) in [6, 6.07) is 5.29. The van der Waals surface area contributed by atoms with Gasteiger partial charge in [0, 0.05) is 10.9 Å². The van der Waals surface area contributed by atoms with Gasteiger partial charge in [0.2, 0.25) is 0 Å². The van der Waals surface area contributed by atoms with Gasteiger partial charge in [-0.25, -0.2) is 0 Å². The van der Waals surface area contributed by atoms with Crippen LogP contribution in [0.25, 0.3) is 0 Å². The van der Waals surface area contributed by atoms with E-state index >= 15 is 0 Å². The van der Waals surface area contributed by atoms with Gasteiger partial charge < -0.3 is 5.32 Å². The van der Waals surface area contributed by atoms with Gasteiger partial charge in [0.1, 0.15) is 0 Å². The van der Waals surface area contributed by atoms with Crippen LogP contribution in [-0.4, -0.2) is 16.5 Å². The molecule has 1 heterocycles. The first kappa shape index (κ1) is 15.7. The summed E-state index contributed by atoms with van der Waals surface area (Å²) in [5.41, 5.74) is -1.03. The molecule has 2 atom stereocenters. The highest BCUT2D eigenvalue weighted by Crippen LogP contribution is 2.34. The van der Waals surface area contributed by atoms with Gasteiger partial charge in [-0.05, 0) is 31.5 Å². The predicted molar refractivity (Wildman–Crippen MR) is 78.3 cm³/mol. The molecule has 7 heteroatoms. The maximum Gasteiger partial charge on any atom is 0.417 e. The highest BCUT2D eigenvalue weighted by molar-refractivity contribution is 8.14.